The van der Waals surface area contributed by atoms with Crippen LogP contribution in [0.3, 0.4) is 0 Å². The molecule has 104 valence electrons. The van der Waals surface area contributed by atoms with Crippen LogP contribution in [0.4, 0.5) is 0 Å². The lowest BCUT2D eigenvalue weighted by Gasteiger charge is -2.55. The first kappa shape index (κ1) is 13.2. The molecule has 0 aromatic carbocycles. The molecule has 4 saturated carbocycles. The smallest absolute Gasteiger partial charge is 0.199 e. The molecule has 4 fully saturated rings. The average molecular weight is 281 g/mol. The van der Waals surface area contributed by atoms with E-state index < -0.39 is 0 Å². The van der Waals surface area contributed by atoms with E-state index in [0.29, 0.717) is 0 Å². The van der Waals surface area contributed by atoms with Gasteiger partial charge < -0.3 is 4.74 Å². The minimum absolute atomic E-state index is 0.0227. The van der Waals surface area contributed by atoms with E-state index in [1.54, 1.807) is 6.08 Å². The maximum Gasteiger partial charge on any atom is 0.199 e. The normalized spacial score (nSPS) is 40.9. The van der Waals surface area contributed by atoms with Crippen LogP contribution in [0.5, 0.6) is 0 Å². The van der Waals surface area contributed by atoms with Crippen LogP contribution < -0.4 is 0 Å². The molecule has 0 heterocycles. The van der Waals surface area contributed by atoms with Gasteiger partial charge in [0.15, 0.2) is 5.78 Å². The average Bonchev–Trinajstić information content (AvgIpc) is 2.34. The van der Waals surface area contributed by atoms with Crippen LogP contribution in [0, 0.1) is 17.8 Å². The van der Waals surface area contributed by atoms with Gasteiger partial charge in [0.1, 0.15) is 16.9 Å². The van der Waals surface area contributed by atoms with Crippen LogP contribution in [-0.4, -0.2) is 11.4 Å². The molecule has 0 radical (unpaired) electrons. The van der Waals surface area contributed by atoms with Crippen molar-refractivity contribution in [2.75, 3.05) is 0 Å². The minimum Gasteiger partial charge on any atom is -0.493 e. The van der Waals surface area contributed by atoms with Gasteiger partial charge in [-0.25, -0.2) is 0 Å². The van der Waals surface area contributed by atoms with Gasteiger partial charge in [-0.2, -0.15) is 0 Å². The van der Waals surface area contributed by atoms with Crippen LogP contribution in [0.25, 0.3) is 0 Å². The number of carbonyl (C=O) groups excluding carboxylic acids is 1. The summed E-state index contributed by atoms with van der Waals surface area (Å²) in [6, 6.07) is 0. The van der Waals surface area contributed by atoms with E-state index in [2.05, 4.69) is 0 Å². The zero-order chi connectivity index (χ0) is 13.5. The Morgan fingerprint density at radius 2 is 1.68 bits per heavy atom. The fraction of sp³-hybridized carbons (Fsp3) is 0.688. The van der Waals surface area contributed by atoms with Crippen molar-refractivity contribution in [3.63, 3.8) is 0 Å². The van der Waals surface area contributed by atoms with E-state index in [1.807, 2.05) is 6.92 Å². The van der Waals surface area contributed by atoms with Gasteiger partial charge in [0.25, 0.3) is 0 Å². The van der Waals surface area contributed by atoms with Crippen molar-refractivity contribution in [3.8, 4) is 0 Å². The number of rotatable bonds is 4. The number of hydrogen-bond acceptors (Lipinski definition) is 2. The lowest BCUT2D eigenvalue weighted by molar-refractivity contribution is -0.131. The van der Waals surface area contributed by atoms with Crippen LogP contribution in [-0.2, 0) is 9.53 Å². The molecule has 0 aromatic rings. The first-order valence-corrected chi connectivity index (χ1v) is 7.68. The largest absolute Gasteiger partial charge is 0.493 e. The maximum absolute atomic E-state index is 11.6. The molecule has 0 N–H and O–H groups in total. The molecule has 0 atom stereocenters. The standard InChI is InChI=1S/C16H21ClO2/c1-2-3-15(18)14(17)10-19-16-7-11-4-12(8-16)6-13(5-11)9-16/h2-3,10-13H,4-9H2,1H3/b3-2-,14-10-. The summed E-state index contributed by atoms with van der Waals surface area (Å²) in [5, 5.41) is 0.189. The van der Waals surface area contributed by atoms with Gasteiger partial charge >= 0.3 is 0 Å². The highest BCUT2D eigenvalue weighted by Gasteiger charge is 2.52. The zero-order valence-electron chi connectivity index (χ0n) is 11.4. The molecule has 0 aliphatic heterocycles. The van der Waals surface area contributed by atoms with Crippen LogP contribution in [0.2, 0.25) is 0 Å². The molecule has 4 aliphatic rings. The summed E-state index contributed by atoms with van der Waals surface area (Å²) >= 11 is 5.99. The van der Waals surface area contributed by atoms with Crippen molar-refractivity contribution in [3.05, 3.63) is 23.4 Å². The first-order valence-electron chi connectivity index (χ1n) is 7.31. The Bertz CT molecular complexity index is 401. The van der Waals surface area contributed by atoms with E-state index >= 15 is 0 Å². The fourth-order valence-electron chi connectivity index (χ4n) is 4.64. The second-order valence-corrected chi connectivity index (χ2v) is 6.96. The van der Waals surface area contributed by atoms with Gasteiger partial charge in [-0.15, -0.1) is 0 Å². The Kier molecular flexibility index (Phi) is 3.46. The summed E-state index contributed by atoms with van der Waals surface area (Å²) in [7, 11) is 0. The molecule has 0 amide bonds. The van der Waals surface area contributed by atoms with Crippen molar-refractivity contribution in [2.24, 2.45) is 17.8 Å². The fourth-order valence-corrected chi connectivity index (χ4v) is 4.75. The van der Waals surface area contributed by atoms with Gasteiger partial charge in [0.2, 0.25) is 0 Å². The molecular formula is C16H21ClO2. The molecule has 0 saturated heterocycles. The third kappa shape index (κ3) is 2.60. The third-order valence-corrected chi connectivity index (χ3v) is 5.22. The Morgan fingerprint density at radius 3 is 2.16 bits per heavy atom. The Morgan fingerprint density at radius 1 is 1.16 bits per heavy atom. The van der Waals surface area contributed by atoms with Gasteiger partial charge in [-0.1, -0.05) is 17.7 Å². The van der Waals surface area contributed by atoms with Gasteiger partial charge in [-0.3, -0.25) is 4.79 Å². The highest BCUT2D eigenvalue weighted by molar-refractivity contribution is 6.44. The number of ketones is 1. The SMILES string of the molecule is C/C=C\C(=O)/C(Cl)=C/OC12CC3CC(CC(C3)C1)C2. The molecule has 0 aromatic heterocycles. The molecule has 4 bridgehead atoms. The summed E-state index contributed by atoms with van der Waals surface area (Å²) in [4.78, 5) is 11.6. The monoisotopic (exact) mass is 280 g/mol. The quantitative estimate of drug-likeness (QED) is 0.570. The minimum atomic E-state index is -0.172. The Balaban J connectivity index is 1.69. The van der Waals surface area contributed by atoms with E-state index in [1.165, 1.54) is 31.6 Å². The van der Waals surface area contributed by atoms with Crippen molar-refractivity contribution in [1.29, 1.82) is 0 Å². The maximum atomic E-state index is 11.6. The summed E-state index contributed by atoms with van der Waals surface area (Å²) in [6.07, 6.45) is 12.3. The number of carbonyl (C=O) groups is 1. The number of hydrogen-bond donors (Lipinski definition) is 0. The van der Waals surface area contributed by atoms with Gasteiger partial charge in [0.05, 0.1) is 0 Å². The topological polar surface area (TPSA) is 26.3 Å². The summed E-state index contributed by atoms with van der Waals surface area (Å²) in [5.41, 5.74) is -0.0227. The van der Waals surface area contributed by atoms with Crippen molar-refractivity contribution >= 4 is 17.4 Å². The highest BCUT2D eigenvalue weighted by atomic mass is 35.5. The van der Waals surface area contributed by atoms with E-state index in [9.17, 15) is 4.79 Å². The molecule has 4 aliphatic carbocycles. The van der Waals surface area contributed by atoms with Crippen molar-refractivity contribution in [2.45, 2.75) is 51.0 Å². The zero-order valence-corrected chi connectivity index (χ0v) is 12.2. The molecule has 4 rings (SSSR count). The molecule has 0 spiro atoms. The molecular weight excluding hydrogens is 260 g/mol. The number of ether oxygens (including phenoxy) is 1. The van der Waals surface area contributed by atoms with Crippen molar-refractivity contribution < 1.29 is 9.53 Å². The van der Waals surface area contributed by atoms with Crippen molar-refractivity contribution in [1.82, 2.24) is 0 Å². The van der Waals surface area contributed by atoms with E-state index in [4.69, 9.17) is 16.3 Å². The van der Waals surface area contributed by atoms with Gasteiger partial charge in [0, 0.05) is 0 Å². The highest BCUT2D eigenvalue weighted by Crippen LogP contribution is 2.57. The Labute approximate surface area is 119 Å². The third-order valence-electron chi connectivity index (χ3n) is 4.95. The Hall–Kier alpha value is -0.760. The summed E-state index contributed by atoms with van der Waals surface area (Å²) in [5.74, 6) is 2.34. The second kappa shape index (κ2) is 4.97. The lowest BCUT2D eigenvalue weighted by atomic mass is 9.54. The van der Waals surface area contributed by atoms with Crippen LogP contribution >= 0.6 is 11.6 Å². The molecule has 2 nitrogen and oxygen atoms in total. The molecule has 0 unspecified atom stereocenters. The summed E-state index contributed by atoms with van der Waals surface area (Å²) in [6.45, 7) is 1.81. The van der Waals surface area contributed by atoms with E-state index in [-0.39, 0.29) is 16.4 Å². The molecule has 19 heavy (non-hydrogen) atoms. The lowest BCUT2D eigenvalue weighted by Crippen LogP contribution is -2.51. The van der Waals surface area contributed by atoms with Crippen LogP contribution in [0.15, 0.2) is 23.4 Å². The predicted octanol–water partition coefficient (Wildman–Crippen LogP) is 4.20. The first-order chi connectivity index (χ1) is 9.10. The number of halogens is 1. The van der Waals surface area contributed by atoms with Crippen LogP contribution in [0.1, 0.15) is 45.4 Å². The summed E-state index contributed by atoms with van der Waals surface area (Å²) < 4.78 is 6.02. The van der Waals surface area contributed by atoms with Gasteiger partial charge in [-0.05, 0) is 69.3 Å². The second-order valence-electron chi connectivity index (χ2n) is 6.55. The molecule has 3 heteroatoms. The van der Waals surface area contributed by atoms with E-state index in [0.717, 1.165) is 37.0 Å². The number of allylic oxidation sites excluding steroid dienone is 3. The predicted molar refractivity (Wildman–Crippen MR) is 75.7 cm³/mol.